The SMILES string of the molecule is COc1cccc2c(C)cc(-n3nc(C)cc3NC(=O)c3oc4ccccc4c3C)nc12. The fourth-order valence-corrected chi connectivity index (χ4v) is 3.97. The second kappa shape index (κ2) is 7.53. The van der Waals surface area contributed by atoms with Crippen LogP contribution in [0.3, 0.4) is 0 Å². The quantitative estimate of drug-likeness (QED) is 0.419. The first kappa shape index (κ1) is 19.8. The molecular weight excluding hydrogens is 404 g/mol. The number of rotatable bonds is 4. The van der Waals surface area contributed by atoms with Crippen LogP contribution in [0.2, 0.25) is 0 Å². The number of hydrogen-bond acceptors (Lipinski definition) is 5. The number of anilines is 1. The van der Waals surface area contributed by atoms with E-state index in [0.717, 1.165) is 33.1 Å². The van der Waals surface area contributed by atoms with Crippen LogP contribution in [0.15, 0.2) is 59.0 Å². The van der Waals surface area contributed by atoms with Crippen LogP contribution in [0.25, 0.3) is 27.7 Å². The normalized spacial score (nSPS) is 11.2. The molecule has 1 N–H and O–H groups in total. The van der Waals surface area contributed by atoms with E-state index < -0.39 is 0 Å². The lowest BCUT2D eigenvalue weighted by atomic mass is 10.1. The molecule has 160 valence electrons. The molecule has 1 amide bonds. The van der Waals surface area contributed by atoms with Gasteiger partial charge in [0.1, 0.15) is 22.7 Å². The number of fused-ring (bicyclic) bond motifs is 2. The van der Waals surface area contributed by atoms with Gasteiger partial charge in [-0.15, -0.1) is 0 Å². The molecule has 7 nitrogen and oxygen atoms in total. The summed E-state index contributed by atoms with van der Waals surface area (Å²) in [5, 5.41) is 9.42. The molecule has 32 heavy (non-hydrogen) atoms. The summed E-state index contributed by atoms with van der Waals surface area (Å²) in [6.45, 7) is 5.76. The van der Waals surface area contributed by atoms with Gasteiger partial charge >= 0.3 is 0 Å². The number of carbonyl (C=O) groups excluding carboxylic acids is 1. The third-order valence-corrected chi connectivity index (χ3v) is 5.56. The lowest BCUT2D eigenvalue weighted by Crippen LogP contribution is -2.16. The number of aryl methyl sites for hydroxylation is 3. The minimum Gasteiger partial charge on any atom is -0.494 e. The third kappa shape index (κ3) is 3.19. The Labute approximate surface area is 184 Å². The van der Waals surface area contributed by atoms with E-state index in [1.807, 2.05) is 69.3 Å². The molecule has 0 fully saturated rings. The average Bonchev–Trinajstić information content (AvgIpc) is 3.33. The minimum atomic E-state index is -0.338. The average molecular weight is 426 g/mol. The molecule has 0 bridgehead atoms. The van der Waals surface area contributed by atoms with Gasteiger partial charge in [0.25, 0.3) is 5.91 Å². The molecule has 0 aliphatic heterocycles. The maximum absolute atomic E-state index is 13.1. The number of pyridine rings is 1. The summed E-state index contributed by atoms with van der Waals surface area (Å²) in [5.41, 5.74) is 4.00. The molecule has 2 aromatic carbocycles. The summed E-state index contributed by atoms with van der Waals surface area (Å²) in [5.74, 6) is 1.72. The Kier molecular flexibility index (Phi) is 4.66. The molecule has 0 atom stereocenters. The van der Waals surface area contributed by atoms with Crippen molar-refractivity contribution in [3.05, 3.63) is 77.2 Å². The first-order valence-corrected chi connectivity index (χ1v) is 10.3. The summed E-state index contributed by atoms with van der Waals surface area (Å²) in [7, 11) is 1.62. The number of benzene rings is 2. The Morgan fingerprint density at radius 3 is 2.59 bits per heavy atom. The van der Waals surface area contributed by atoms with E-state index in [0.29, 0.717) is 23.0 Å². The van der Waals surface area contributed by atoms with Crippen LogP contribution in [0.4, 0.5) is 5.82 Å². The van der Waals surface area contributed by atoms with Crippen molar-refractivity contribution in [3.8, 4) is 11.6 Å². The summed E-state index contributed by atoms with van der Waals surface area (Å²) >= 11 is 0. The van der Waals surface area contributed by atoms with Crippen LogP contribution in [0, 0.1) is 20.8 Å². The minimum absolute atomic E-state index is 0.279. The van der Waals surface area contributed by atoms with Gasteiger partial charge < -0.3 is 14.5 Å². The molecule has 0 saturated carbocycles. The summed E-state index contributed by atoms with van der Waals surface area (Å²) in [6, 6.07) is 17.2. The largest absolute Gasteiger partial charge is 0.494 e. The van der Waals surface area contributed by atoms with Crippen molar-refractivity contribution >= 4 is 33.6 Å². The zero-order valence-corrected chi connectivity index (χ0v) is 18.3. The van der Waals surface area contributed by atoms with Gasteiger partial charge in [-0.25, -0.2) is 4.98 Å². The number of methoxy groups -OCH3 is 1. The molecule has 0 aliphatic rings. The Balaban J connectivity index is 1.57. The van der Waals surface area contributed by atoms with Gasteiger partial charge in [0.2, 0.25) is 0 Å². The Morgan fingerprint density at radius 2 is 1.81 bits per heavy atom. The molecule has 0 saturated heterocycles. The van der Waals surface area contributed by atoms with Crippen molar-refractivity contribution in [3.63, 3.8) is 0 Å². The standard InChI is InChI=1S/C25H22N4O3/c1-14-12-21(26-23-17(14)9-7-11-20(23)31-4)29-22(13-15(2)28-29)27-25(30)24-16(3)18-8-5-6-10-19(18)32-24/h5-13H,1-4H3,(H,27,30). The van der Waals surface area contributed by atoms with Crippen LogP contribution < -0.4 is 10.1 Å². The molecule has 0 unspecified atom stereocenters. The topological polar surface area (TPSA) is 82.2 Å². The van der Waals surface area contributed by atoms with Crippen molar-refractivity contribution in [1.82, 2.24) is 14.8 Å². The predicted octanol–water partition coefficient (Wildman–Crippen LogP) is 5.35. The molecule has 0 spiro atoms. The van der Waals surface area contributed by atoms with Crippen LogP contribution in [0.1, 0.15) is 27.4 Å². The Hall–Kier alpha value is -4.13. The molecular formula is C25H22N4O3. The van der Waals surface area contributed by atoms with Crippen LogP contribution in [0.5, 0.6) is 5.75 Å². The number of furan rings is 1. The molecule has 3 heterocycles. The van der Waals surface area contributed by atoms with Crippen molar-refractivity contribution in [2.75, 3.05) is 12.4 Å². The van der Waals surface area contributed by atoms with E-state index in [-0.39, 0.29) is 11.7 Å². The highest BCUT2D eigenvalue weighted by Gasteiger charge is 2.20. The third-order valence-electron chi connectivity index (χ3n) is 5.56. The van der Waals surface area contributed by atoms with Gasteiger partial charge in [0.15, 0.2) is 11.6 Å². The number of nitrogens with one attached hydrogen (secondary N) is 1. The molecule has 3 aromatic heterocycles. The van der Waals surface area contributed by atoms with Gasteiger partial charge in [0, 0.05) is 22.4 Å². The number of aromatic nitrogens is 3. The maximum atomic E-state index is 13.1. The molecule has 0 radical (unpaired) electrons. The Morgan fingerprint density at radius 1 is 1.03 bits per heavy atom. The van der Waals surface area contributed by atoms with E-state index in [1.54, 1.807) is 17.9 Å². The van der Waals surface area contributed by atoms with Gasteiger partial charge in [-0.1, -0.05) is 30.3 Å². The van der Waals surface area contributed by atoms with Gasteiger partial charge in [-0.2, -0.15) is 9.78 Å². The van der Waals surface area contributed by atoms with E-state index >= 15 is 0 Å². The Bertz CT molecular complexity index is 1500. The zero-order valence-electron chi connectivity index (χ0n) is 18.3. The second-order valence-corrected chi connectivity index (χ2v) is 7.74. The van der Waals surface area contributed by atoms with Crippen molar-refractivity contribution in [2.45, 2.75) is 20.8 Å². The first-order valence-electron chi connectivity index (χ1n) is 10.3. The maximum Gasteiger partial charge on any atom is 0.292 e. The lowest BCUT2D eigenvalue weighted by molar-refractivity contribution is 0.0997. The highest BCUT2D eigenvalue weighted by Crippen LogP contribution is 2.29. The van der Waals surface area contributed by atoms with Gasteiger partial charge in [-0.05, 0) is 44.5 Å². The number of hydrogen-bond donors (Lipinski definition) is 1. The first-order chi connectivity index (χ1) is 15.5. The summed E-state index contributed by atoms with van der Waals surface area (Å²) in [6.07, 6.45) is 0. The number of nitrogens with zero attached hydrogens (tertiary/aromatic N) is 3. The van der Waals surface area contributed by atoms with E-state index in [4.69, 9.17) is 14.1 Å². The van der Waals surface area contributed by atoms with Crippen molar-refractivity contribution in [2.24, 2.45) is 0 Å². The van der Waals surface area contributed by atoms with Gasteiger partial charge in [-0.3, -0.25) is 4.79 Å². The number of ether oxygens (including phenoxy) is 1. The number of carbonyl (C=O) groups is 1. The van der Waals surface area contributed by atoms with E-state index in [1.165, 1.54) is 0 Å². The number of amides is 1. The summed E-state index contributed by atoms with van der Waals surface area (Å²) in [4.78, 5) is 17.9. The smallest absolute Gasteiger partial charge is 0.292 e. The van der Waals surface area contributed by atoms with Crippen LogP contribution in [-0.2, 0) is 0 Å². The molecule has 0 aliphatic carbocycles. The van der Waals surface area contributed by atoms with E-state index in [9.17, 15) is 4.79 Å². The van der Waals surface area contributed by atoms with Crippen LogP contribution in [-0.4, -0.2) is 27.8 Å². The van der Waals surface area contributed by atoms with Crippen LogP contribution >= 0.6 is 0 Å². The fraction of sp³-hybridized carbons (Fsp3) is 0.160. The molecule has 5 aromatic rings. The fourth-order valence-electron chi connectivity index (χ4n) is 3.97. The highest BCUT2D eigenvalue weighted by atomic mass is 16.5. The second-order valence-electron chi connectivity index (χ2n) is 7.74. The van der Waals surface area contributed by atoms with Crippen molar-refractivity contribution in [1.29, 1.82) is 0 Å². The van der Waals surface area contributed by atoms with Gasteiger partial charge in [0.05, 0.1) is 12.8 Å². The predicted molar refractivity (Wildman–Crippen MR) is 124 cm³/mol. The lowest BCUT2D eigenvalue weighted by Gasteiger charge is -2.12. The monoisotopic (exact) mass is 426 g/mol. The zero-order chi connectivity index (χ0) is 22.4. The summed E-state index contributed by atoms with van der Waals surface area (Å²) < 4.78 is 12.9. The number of para-hydroxylation sites is 2. The molecule has 7 heteroatoms. The molecule has 5 rings (SSSR count). The van der Waals surface area contributed by atoms with E-state index in [2.05, 4.69) is 10.4 Å². The highest BCUT2D eigenvalue weighted by molar-refractivity contribution is 6.06. The van der Waals surface area contributed by atoms with Crippen molar-refractivity contribution < 1.29 is 13.9 Å².